The molecule has 0 aliphatic rings. The van der Waals surface area contributed by atoms with Gasteiger partial charge in [-0.15, -0.1) is 11.3 Å². The first kappa shape index (κ1) is 16.6. The quantitative estimate of drug-likeness (QED) is 0.678. The number of carbonyl (C=O) groups is 2. The van der Waals surface area contributed by atoms with Crippen molar-refractivity contribution >= 4 is 49.2 Å². The molecule has 7 heteroatoms. The van der Waals surface area contributed by atoms with E-state index in [1.807, 2.05) is 12.1 Å². The zero-order valence-electron chi connectivity index (χ0n) is 12.5. The van der Waals surface area contributed by atoms with Crippen molar-refractivity contribution in [2.24, 2.45) is 0 Å². The molecule has 0 radical (unpaired) electrons. The van der Waals surface area contributed by atoms with Crippen LogP contribution >= 0.6 is 27.3 Å². The summed E-state index contributed by atoms with van der Waals surface area (Å²) in [5, 5.41) is 12.8. The third-order valence-electron chi connectivity index (χ3n) is 3.49. The first-order valence-electron chi connectivity index (χ1n) is 7.18. The number of hydrogen-bond donors (Lipinski definition) is 2. The number of rotatable bonds is 5. The van der Waals surface area contributed by atoms with Crippen LogP contribution in [0.25, 0.3) is 10.1 Å². The van der Waals surface area contributed by atoms with Gasteiger partial charge in [-0.3, -0.25) is 9.78 Å². The molecule has 1 aromatic carbocycles. The molecule has 2 aromatic heterocycles. The molecule has 3 aromatic rings. The van der Waals surface area contributed by atoms with E-state index in [1.165, 1.54) is 11.3 Å². The largest absolute Gasteiger partial charge is 0.478 e. The van der Waals surface area contributed by atoms with Gasteiger partial charge in [-0.25, -0.2) is 4.79 Å². The molecule has 0 bridgehead atoms. The Balaban J connectivity index is 1.64. The van der Waals surface area contributed by atoms with Crippen LogP contribution < -0.4 is 5.32 Å². The van der Waals surface area contributed by atoms with Gasteiger partial charge in [0.1, 0.15) is 0 Å². The van der Waals surface area contributed by atoms with Gasteiger partial charge in [0.05, 0.1) is 15.1 Å². The van der Waals surface area contributed by atoms with Crippen LogP contribution in [0.15, 0.2) is 47.2 Å². The van der Waals surface area contributed by atoms with Crippen molar-refractivity contribution in [1.29, 1.82) is 0 Å². The monoisotopic (exact) mass is 404 g/mol. The molecule has 0 saturated heterocycles. The number of aromatic nitrogens is 1. The molecular formula is C17H13BrN2O3S. The number of hydrogen-bond acceptors (Lipinski definition) is 4. The van der Waals surface area contributed by atoms with Crippen LogP contribution in [0.5, 0.6) is 0 Å². The summed E-state index contributed by atoms with van der Waals surface area (Å²) in [4.78, 5) is 27.9. The van der Waals surface area contributed by atoms with Gasteiger partial charge in [0.15, 0.2) is 0 Å². The predicted octanol–water partition coefficient (Wildman–Crippen LogP) is 3.73. The molecule has 0 saturated carbocycles. The summed E-state index contributed by atoms with van der Waals surface area (Å²) < 4.78 is 1.81. The van der Waals surface area contributed by atoms with E-state index in [0.29, 0.717) is 17.8 Å². The summed E-state index contributed by atoms with van der Waals surface area (Å²) >= 11 is 4.82. The molecule has 0 aliphatic heterocycles. The maximum Gasteiger partial charge on any atom is 0.335 e. The zero-order valence-corrected chi connectivity index (χ0v) is 14.9. The molecular weight excluding hydrogens is 392 g/mol. The Hall–Kier alpha value is -2.25. The van der Waals surface area contributed by atoms with E-state index in [0.717, 1.165) is 20.1 Å². The lowest BCUT2D eigenvalue weighted by Crippen LogP contribution is -2.24. The highest BCUT2D eigenvalue weighted by Gasteiger charge is 2.12. The van der Waals surface area contributed by atoms with Crippen LogP contribution in [-0.2, 0) is 6.42 Å². The number of thiophene rings is 1. The molecule has 24 heavy (non-hydrogen) atoms. The standard InChI is InChI=1S/C17H13BrN2O3S/c18-13-8-19-9-15-12(13)7-14(24-15)16(21)20-5-4-10-2-1-3-11(6-10)17(22)23/h1-3,6-9H,4-5H2,(H,20,21)(H,22,23). The Labute approximate surface area is 150 Å². The Bertz CT molecular complexity index is 923. The Morgan fingerprint density at radius 3 is 2.83 bits per heavy atom. The molecule has 0 atom stereocenters. The third kappa shape index (κ3) is 3.63. The lowest BCUT2D eigenvalue weighted by molar-refractivity contribution is 0.0696. The fourth-order valence-corrected chi connectivity index (χ4v) is 3.86. The fourth-order valence-electron chi connectivity index (χ4n) is 2.31. The highest BCUT2D eigenvalue weighted by atomic mass is 79.9. The highest BCUT2D eigenvalue weighted by molar-refractivity contribution is 9.10. The van der Waals surface area contributed by atoms with Gasteiger partial charge >= 0.3 is 5.97 Å². The van der Waals surface area contributed by atoms with Crippen LogP contribution in [0.3, 0.4) is 0 Å². The van der Waals surface area contributed by atoms with Crippen molar-refractivity contribution in [3.05, 3.63) is 63.2 Å². The average molecular weight is 405 g/mol. The van der Waals surface area contributed by atoms with Crippen LogP contribution in [0.2, 0.25) is 0 Å². The van der Waals surface area contributed by atoms with Crippen molar-refractivity contribution in [2.45, 2.75) is 6.42 Å². The second-order valence-electron chi connectivity index (χ2n) is 5.16. The minimum absolute atomic E-state index is 0.141. The number of aromatic carboxylic acids is 1. The van der Waals surface area contributed by atoms with Crippen molar-refractivity contribution in [3.63, 3.8) is 0 Å². The van der Waals surface area contributed by atoms with E-state index >= 15 is 0 Å². The highest BCUT2D eigenvalue weighted by Crippen LogP contribution is 2.30. The normalized spacial score (nSPS) is 10.7. The molecule has 1 amide bonds. The molecule has 5 nitrogen and oxygen atoms in total. The van der Waals surface area contributed by atoms with Crippen LogP contribution in [-0.4, -0.2) is 28.5 Å². The first-order chi connectivity index (χ1) is 11.5. The zero-order chi connectivity index (χ0) is 17.1. The molecule has 0 spiro atoms. The maximum atomic E-state index is 12.3. The molecule has 2 N–H and O–H groups in total. The number of carboxylic acid groups (broad SMARTS) is 1. The number of benzene rings is 1. The topological polar surface area (TPSA) is 79.3 Å². The summed E-state index contributed by atoms with van der Waals surface area (Å²) in [6, 6.07) is 8.56. The van der Waals surface area contributed by atoms with E-state index in [4.69, 9.17) is 5.11 Å². The average Bonchev–Trinajstić information content (AvgIpc) is 3.01. The van der Waals surface area contributed by atoms with E-state index in [9.17, 15) is 9.59 Å². The van der Waals surface area contributed by atoms with Crippen LogP contribution in [0.4, 0.5) is 0 Å². The Morgan fingerprint density at radius 2 is 2.08 bits per heavy atom. The van der Waals surface area contributed by atoms with Gasteiger partial charge in [0.2, 0.25) is 0 Å². The van der Waals surface area contributed by atoms with E-state index < -0.39 is 5.97 Å². The number of nitrogens with zero attached hydrogens (tertiary/aromatic N) is 1. The van der Waals surface area contributed by atoms with Crippen molar-refractivity contribution in [3.8, 4) is 0 Å². The second kappa shape index (κ2) is 7.11. The van der Waals surface area contributed by atoms with Crippen molar-refractivity contribution in [1.82, 2.24) is 10.3 Å². The van der Waals surface area contributed by atoms with Crippen molar-refractivity contribution in [2.75, 3.05) is 6.54 Å². The Morgan fingerprint density at radius 1 is 1.25 bits per heavy atom. The smallest absolute Gasteiger partial charge is 0.335 e. The Kier molecular flexibility index (Phi) is 4.92. The van der Waals surface area contributed by atoms with E-state index in [1.54, 1.807) is 30.6 Å². The minimum Gasteiger partial charge on any atom is -0.478 e. The number of amides is 1. The van der Waals surface area contributed by atoms with E-state index in [-0.39, 0.29) is 11.5 Å². The van der Waals surface area contributed by atoms with E-state index in [2.05, 4.69) is 26.2 Å². The first-order valence-corrected chi connectivity index (χ1v) is 8.79. The molecule has 2 heterocycles. The molecule has 0 unspecified atom stereocenters. The van der Waals surface area contributed by atoms with Gasteiger partial charge in [-0.2, -0.15) is 0 Å². The summed E-state index contributed by atoms with van der Waals surface area (Å²) in [7, 11) is 0. The maximum absolute atomic E-state index is 12.3. The molecule has 122 valence electrons. The molecule has 0 aliphatic carbocycles. The number of halogens is 1. The number of carboxylic acids is 1. The fraction of sp³-hybridized carbons (Fsp3) is 0.118. The molecule has 0 fully saturated rings. The van der Waals surface area contributed by atoms with Gasteiger partial charge in [-0.05, 0) is 46.1 Å². The molecule has 3 rings (SSSR count). The number of carbonyl (C=O) groups excluding carboxylic acids is 1. The van der Waals surface area contributed by atoms with Gasteiger partial charge in [-0.1, -0.05) is 12.1 Å². The van der Waals surface area contributed by atoms with Crippen LogP contribution in [0, 0.1) is 0 Å². The van der Waals surface area contributed by atoms with Crippen LogP contribution in [0.1, 0.15) is 25.6 Å². The second-order valence-corrected chi connectivity index (χ2v) is 7.09. The predicted molar refractivity (Wildman–Crippen MR) is 96.8 cm³/mol. The summed E-state index contributed by atoms with van der Waals surface area (Å²) in [5.41, 5.74) is 1.12. The number of pyridine rings is 1. The van der Waals surface area contributed by atoms with Gasteiger partial charge < -0.3 is 10.4 Å². The summed E-state index contributed by atoms with van der Waals surface area (Å²) in [6.07, 6.45) is 4.01. The van der Waals surface area contributed by atoms with Crippen molar-refractivity contribution < 1.29 is 14.7 Å². The lowest BCUT2D eigenvalue weighted by Gasteiger charge is -2.04. The van der Waals surface area contributed by atoms with Gasteiger partial charge in [0.25, 0.3) is 5.91 Å². The van der Waals surface area contributed by atoms with Gasteiger partial charge in [0, 0.05) is 28.8 Å². The minimum atomic E-state index is -0.953. The SMILES string of the molecule is O=C(O)c1cccc(CCNC(=O)c2cc3c(Br)cncc3s2)c1. The number of nitrogens with one attached hydrogen (secondary N) is 1. The lowest BCUT2D eigenvalue weighted by atomic mass is 10.1. The number of fused-ring (bicyclic) bond motifs is 1. The third-order valence-corrected chi connectivity index (χ3v) is 5.20. The summed E-state index contributed by atoms with van der Waals surface area (Å²) in [5.74, 6) is -1.09. The summed E-state index contributed by atoms with van der Waals surface area (Å²) in [6.45, 7) is 0.440.